The van der Waals surface area contributed by atoms with Crippen molar-refractivity contribution in [2.45, 2.75) is 32.1 Å². The van der Waals surface area contributed by atoms with Crippen LogP contribution in [0.4, 0.5) is 0 Å². The molecule has 4 aliphatic carbocycles. The number of phosphoric ester groups is 1. The van der Waals surface area contributed by atoms with Crippen LogP contribution >= 0.6 is 19.4 Å². The molecule has 0 aromatic heterocycles. The van der Waals surface area contributed by atoms with Gasteiger partial charge in [0, 0.05) is 5.56 Å². The number of phosphoric acid groups is 1. The average molecular weight is 429 g/mol. The Morgan fingerprint density at radius 3 is 2.11 bits per heavy atom. The summed E-state index contributed by atoms with van der Waals surface area (Å²) in [6.45, 7) is 0. The zero-order valence-electron chi connectivity index (χ0n) is 15.9. The Morgan fingerprint density at radius 2 is 1.63 bits per heavy atom. The Labute approximate surface area is 209 Å². The number of hydrogen-bond donors (Lipinski definition) is 0. The van der Waals surface area contributed by atoms with E-state index in [-0.39, 0.29) is 69.9 Å². The smallest absolute Gasteiger partial charge is 0.780 e. The summed E-state index contributed by atoms with van der Waals surface area (Å²) in [5.41, 5.74) is 2.05. The van der Waals surface area contributed by atoms with E-state index in [1.54, 1.807) is 13.2 Å². The largest absolute Gasteiger partial charge is 1.00 e. The third-order valence-electron chi connectivity index (χ3n) is 5.89. The zero-order valence-corrected chi connectivity index (χ0v) is 21.6. The van der Waals surface area contributed by atoms with Gasteiger partial charge in [0.1, 0.15) is 19.3 Å². The summed E-state index contributed by atoms with van der Waals surface area (Å²) < 4.78 is 21.2. The topological polar surface area (TPSA) is 81.7 Å². The molecule has 1 aromatic carbocycles. The first kappa shape index (κ1) is 24.3. The molecular formula is C18H20ClNa2O5P. The number of hydrogen-bond acceptors (Lipinski definition) is 5. The Kier molecular flexibility index (Phi) is 8.47. The zero-order chi connectivity index (χ0) is 17.8. The van der Waals surface area contributed by atoms with E-state index in [0.29, 0.717) is 17.4 Å². The van der Waals surface area contributed by atoms with Crippen molar-refractivity contribution in [1.29, 1.82) is 0 Å². The van der Waals surface area contributed by atoms with Crippen LogP contribution < -0.4 is 73.4 Å². The van der Waals surface area contributed by atoms with Gasteiger partial charge in [-0.1, -0.05) is 11.6 Å². The van der Waals surface area contributed by atoms with Crippen LogP contribution in [0.15, 0.2) is 23.8 Å². The van der Waals surface area contributed by atoms with Gasteiger partial charge in [0.25, 0.3) is 0 Å². The van der Waals surface area contributed by atoms with Crippen molar-refractivity contribution < 1.29 is 82.7 Å². The third-order valence-corrected chi connectivity index (χ3v) is 6.62. The van der Waals surface area contributed by atoms with Gasteiger partial charge in [-0.3, -0.25) is 0 Å². The Morgan fingerprint density at radius 1 is 1.07 bits per heavy atom. The first-order valence-electron chi connectivity index (χ1n) is 8.63. The maximum Gasteiger partial charge on any atom is 1.00 e. The first-order chi connectivity index (χ1) is 11.8. The van der Waals surface area contributed by atoms with Crippen LogP contribution in [0.5, 0.6) is 5.75 Å². The predicted octanol–water partition coefficient (Wildman–Crippen LogP) is -2.63. The van der Waals surface area contributed by atoms with Gasteiger partial charge in [-0.25, -0.2) is 0 Å². The van der Waals surface area contributed by atoms with Gasteiger partial charge in [-0.15, -0.1) is 0 Å². The predicted molar refractivity (Wildman–Crippen MR) is 90.7 cm³/mol. The number of benzene rings is 1. The van der Waals surface area contributed by atoms with Crippen LogP contribution in [0.25, 0.3) is 5.76 Å². The van der Waals surface area contributed by atoms with E-state index in [9.17, 15) is 14.4 Å². The molecule has 136 valence electrons. The molecule has 0 atom stereocenters. The maximum absolute atomic E-state index is 11.0. The van der Waals surface area contributed by atoms with E-state index >= 15 is 0 Å². The second-order valence-electron chi connectivity index (χ2n) is 7.48. The average Bonchev–Trinajstić information content (AvgIpc) is 2.51. The molecule has 0 N–H and O–H groups in total. The molecule has 4 saturated carbocycles. The van der Waals surface area contributed by atoms with Crippen LogP contribution in [0.3, 0.4) is 0 Å². The van der Waals surface area contributed by atoms with Gasteiger partial charge in [0.15, 0.2) is 0 Å². The van der Waals surface area contributed by atoms with Crippen molar-refractivity contribution in [3.8, 4) is 5.75 Å². The van der Waals surface area contributed by atoms with Crippen molar-refractivity contribution in [2.24, 2.45) is 23.7 Å². The monoisotopic (exact) mass is 428 g/mol. The first-order valence-corrected chi connectivity index (χ1v) is 10.5. The van der Waals surface area contributed by atoms with E-state index in [1.165, 1.54) is 49.8 Å². The number of rotatable bonds is 4. The fourth-order valence-electron chi connectivity index (χ4n) is 5.30. The molecule has 1 aromatic rings. The van der Waals surface area contributed by atoms with E-state index < -0.39 is 7.82 Å². The van der Waals surface area contributed by atoms with Crippen molar-refractivity contribution >= 4 is 25.2 Å². The van der Waals surface area contributed by atoms with E-state index in [0.717, 1.165) is 17.6 Å². The number of allylic oxidation sites excluding steroid dienone is 1. The minimum Gasteiger partial charge on any atom is -0.780 e. The molecule has 0 saturated heterocycles. The van der Waals surface area contributed by atoms with Crippen molar-refractivity contribution in [3.63, 3.8) is 0 Å². The molecule has 0 aliphatic heterocycles. The molecular weight excluding hydrogens is 409 g/mol. The summed E-state index contributed by atoms with van der Waals surface area (Å²) in [4.78, 5) is 21.9. The summed E-state index contributed by atoms with van der Waals surface area (Å²) in [6.07, 6.45) is 6.21. The quantitative estimate of drug-likeness (QED) is 0.298. The van der Waals surface area contributed by atoms with Gasteiger partial charge in [0.2, 0.25) is 0 Å². The summed E-state index contributed by atoms with van der Waals surface area (Å²) in [5.74, 6) is 3.38. The van der Waals surface area contributed by atoms with Crippen LogP contribution in [0.2, 0.25) is 5.02 Å². The molecule has 0 unspecified atom stereocenters. The van der Waals surface area contributed by atoms with Gasteiger partial charge in [-0.2, -0.15) is 0 Å². The normalized spacial score (nSPS) is 28.2. The molecule has 5 rings (SSSR count). The van der Waals surface area contributed by atoms with E-state index in [1.807, 2.05) is 0 Å². The van der Waals surface area contributed by atoms with Crippen LogP contribution in [-0.4, -0.2) is 7.11 Å². The molecule has 27 heavy (non-hydrogen) atoms. The fraction of sp³-hybridized carbons (Fsp3) is 0.556. The minimum absolute atomic E-state index is 0. The third kappa shape index (κ3) is 5.19. The van der Waals surface area contributed by atoms with Crippen LogP contribution in [-0.2, 0) is 9.30 Å². The minimum atomic E-state index is -5.17. The molecule has 4 aliphatic rings. The molecule has 4 bridgehead atoms. The molecule has 0 amide bonds. The Bertz CT molecular complexity index is 749. The Balaban J connectivity index is 0.00000131. The standard InChI is InChI=1S/C18H22ClO5P.2Na/c1-23-18(12-2-3-15(19)16(9-12)24-25(20,21)22)17-13-5-10-4-11(7-13)8-14(17)6-10;;/h2-3,9-11,13-14H,4-8H2,1H3,(H2,20,21,22);;/q;2*+1/p-2. The van der Waals surface area contributed by atoms with Crippen LogP contribution in [0.1, 0.15) is 37.7 Å². The molecule has 5 nitrogen and oxygen atoms in total. The Hall–Kier alpha value is 1.000. The summed E-state index contributed by atoms with van der Waals surface area (Å²) in [5, 5.41) is 0.0845. The van der Waals surface area contributed by atoms with Gasteiger partial charge >= 0.3 is 59.1 Å². The molecule has 0 radical (unpaired) electrons. The number of methoxy groups -OCH3 is 1. The number of ether oxygens (including phenoxy) is 1. The van der Waals surface area contributed by atoms with Crippen molar-refractivity contribution in [2.75, 3.05) is 7.11 Å². The fourth-order valence-corrected chi connectivity index (χ4v) is 5.90. The summed E-state index contributed by atoms with van der Waals surface area (Å²) in [6, 6.07) is 4.81. The SMILES string of the molecule is COC(=C1C2CC3CC(C2)CC1C3)c1ccc(Cl)c(OP(=O)([O-])[O-])c1.[Na+].[Na+]. The summed E-state index contributed by atoms with van der Waals surface area (Å²) in [7, 11) is -3.53. The second-order valence-corrected chi connectivity index (χ2v) is 8.96. The number of halogens is 1. The van der Waals surface area contributed by atoms with E-state index in [2.05, 4.69) is 4.52 Å². The van der Waals surface area contributed by atoms with Gasteiger partial charge in [0.05, 0.1) is 12.1 Å². The molecule has 9 heteroatoms. The van der Waals surface area contributed by atoms with Gasteiger partial charge in [-0.05, 0) is 79.5 Å². The van der Waals surface area contributed by atoms with Crippen molar-refractivity contribution in [1.82, 2.24) is 0 Å². The van der Waals surface area contributed by atoms with Gasteiger partial charge < -0.3 is 23.6 Å². The van der Waals surface area contributed by atoms with Crippen molar-refractivity contribution in [3.05, 3.63) is 34.4 Å². The maximum atomic E-state index is 11.0. The van der Waals surface area contributed by atoms with Crippen LogP contribution in [0, 0.1) is 23.7 Å². The second kappa shape index (κ2) is 9.43. The molecule has 4 fully saturated rings. The van der Waals surface area contributed by atoms with E-state index in [4.69, 9.17) is 16.3 Å². The molecule has 0 spiro atoms. The summed E-state index contributed by atoms with van der Waals surface area (Å²) >= 11 is 5.98. The molecule has 0 heterocycles.